The maximum atomic E-state index is 13.4. The highest BCUT2D eigenvalue weighted by molar-refractivity contribution is 6.00. The smallest absolute Gasteiger partial charge is 0.388 e. The minimum atomic E-state index is -3.20. The molecule has 0 bridgehead atoms. The van der Waals surface area contributed by atoms with Crippen molar-refractivity contribution in [3.63, 3.8) is 0 Å². The minimum absolute atomic E-state index is 0.153. The van der Waals surface area contributed by atoms with Crippen molar-refractivity contribution in [2.75, 3.05) is 0 Å². The highest BCUT2D eigenvalue weighted by Gasteiger charge is 2.10. The van der Waals surface area contributed by atoms with Crippen molar-refractivity contribution < 1.29 is 22.3 Å². The monoisotopic (exact) mass is 304 g/mol. The summed E-state index contributed by atoms with van der Waals surface area (Å²) in [5.74, 6) is -3.45. The second-order valence-electron chi connectivity index (χ2n) is 3.76. The van der Waals surface area contributed by atoms with Crippen LogP contribution in [0.15, 0.2) is 35.0 Å². The molecule has 0 radical (unpaired) electrons. The molecule has 21 heavy (non-hydrogen) atoms. The average Bonchev–Trinajstić information content (AvgIpc) is 2.39. The second-order valence-corrected chi connectivity index (χ2v) is 3.76. The van der Waals surface area contributed by atoms with Gasteiger partial charge in [-0.3, -0.25) is 5.41 Å². The molecule has 0 saturated heterocycles. The molecule has 0 aliphatic heterocycles. The number of aliphatic imine (C=N–C) groups is 1. The van der Waals surface area contributed by atoms with Crippen LogP contribution in [0.3, 0.4) is 0 Å². The summed E-state index contributed by atoms with van der Waals surface area (Å²) < 4.78 is 54.8. The molecule has 0 amide bonds. The van der Waals surface area contributed by atoms with Crippen LogP contribution in [-0.2, 0) is 11.3 Å². The van der Waals surface area contributed by atoms with Crippen molar-refractivity contribution in [1.82, 2.24) is 0 Å². The summed E-state index contributed by atoms with van der Waals surface area (Å²) in [6.07, 6.45) is 0.797. The summed E-state index contributed by atoms with van der Waals surface area (Å²) in [6.45, 7) is -3.65. The van der Waals surface area contributed by atoms with Gasteiger partial charge in [-0.2, -0.15) is 8.78 Å². The summed E-state index contributed by atoms with van der Waals surface area (Å²) in [7, 11) is 0. The molecule has 0 saturated carbocycles. The van der Waals surface area contributed by atoms with Gasteiger partial charge in [0.15, 0.2) is 11.6 Å². The minimum Gasteiger partial charge on any atom is -0.417 e. The van der Waals surface area contributed by atoms with Crippen LogP contribution in [0.2, 0.25) is 0 Å². The van der Waals surface area contributed by atoms with Crippen LogP contribution in [0.4, 0.5) is 17.6 Å². The Bertz CT molecular complexity index is 587. The lowest BCUT2D eigenvalue weighted by molar-refractivity contribution is -0.0595. The van der Waals surface area contributed by atoms with E-state index >= 15 is 0 Å². The number of hydrogen-bond acceptors (Lipinski definition) is 4. The fourth-order valence-corrected chi connectivity index (χ4v) is 1.25. The number of nitrogens with one attached hydrogen (secondary N) is 1. The summed E-state index contributed by atoms with van der Waals surface area (Å²) in [4.78, 5) is 3.56. The number of benzene rings is 1. The number of alkyl halides is 2. The predicted octanol–water partition coefficient (Wildman–Crippen LogP) is 1.88. The molecular weight excluding hydrogens is 292 g/mol. The third kappa shape index (κ3) is 5.13. The molecule has 114 valence electrons. The van der Waals surface area contributed by atoms with Gasteiger partial charge >= 0.3 is 6.61 Å². The fourth-order valence-electron chi connectivity index (χ4n) is 1.25. The molecule has 0 aromatic heterocycles. The van der Waals surface area contributed by atoms with Crippen LogP contribution in [0.1, 0.15) is 5.56 Å². The van der Waals surface area contributed by atoms with Crippen molar-refractivity contribution in [2.45, 2.75) is 13.2 Å². The van der Waals surface area contributed by atoms with Gasteiger partial charge in [0, 0.05) is 11.6 Å². The Labute approximate surface area is 117 Å². The van der Waals surface area contributed by atoms with Gasteiger partial charge in [-0.05, 0) is 6.07 Å². The number of ether oxygens (including phenoxy) is 1. The highest BCUT2D eigenvalue weighted by Crippen LogP contribution is 2.13. The van der Waals surface area contributed by atoms with E-state index in [1.807, 2.05) is 0 Å². The molecule has 5 N–H and O–H groups in total. The first-order valence-electron chi connectivity index (χ1n) is 5.55. The topological polar surface area (TPSA) is 97.5 Å². The Balaban J connectivity index is 3.00. The van der Waals surface area contributed by atoms with E-state index in [1.54, 1.807) is 0 Å². The average molecular weight is 304 g/mol. The molecule has 1 aromatic rings. The zero-order chi connectivity index (χ0) is 16.0. The van der Waals surface area contributed by atoms with Gasteiger partial charge in [-0.1, -0.05) is 12.1 Å². The van der Waals surface area contributed by atoms with E-state index in [9.17, 15) is 17.6 Å². The number of halogens is 4. The SMILES string of the molecule is N=C(N)/C(N)=C/C(=NCc1cccc(F)c1F)OC(F)F. The summed E-state index contributed by atoms with van der Waals surface area (Å²) in [5.41, 5.74) is 9.83. The number of hydrogen-bond donors (Lipinski definition) is 3. The van der Waals surface area contributed by atoms with Gasteiger partial charge in [0.1, 0.15) is 5.84 Å². The predicted molar refractivity (Wildman–Crippen MR) is 68.8 cm³/mol. The summed E-state index contributed by atoms with van der Waals surface area (Å²) in [6, 6.07) is 3.39. The molecule has 0 aliphatic carbocycles. The van der Waals surface area contributed by atoms with Crippen molar-refractivity contribution >= 4 is 11.7 Å². The molecule has 0 spiro atoms. The Hall–Kier alpha value is -2.58. The molecular formula is C12H12F4N4O. The second kappa shape index (κ2) is 7.27. The van der Waals surface area contributed by atoms with Gasteiger partial charge < -0.3 is 16.2 Å². The van der Waals surface area contributed by atoms with Crippen LogP contribution in [-0.4, -0.2) is 18.3 Å². The molecule has 1 rings (SSSR count). The van der Waals surface area contributed by atoms with E-state index in [4.69, 9.17) is 16.9 Å². The molecule has 0 unspecified atom stereocenters. The van der Waals surface area contributed by atoms with Gasteiger partial charge in [0.2, 0.25) is 5.90 Å². The molecule has 1 aromatic carbocycles. The first kappa shape index (κ1) is 16.5. The molecule has 0 aliphatic rings. The number of nitrogens with two attached hydrogens (primary N) is 2. The number of rotatable bonds is 5. The molecule has 0 fully saturated rings. The van der Waals surface area contributed by atoms with Crippen LogP contribution in [0.5, 0.6) is 0 Å². The first-order chi connectivity index (χ1) is 9.81. The van der Waals surface area contributed by atoms with Crippen molar-refractivity contribution in [1.29, 1.82) is 5.41 Å². The lowest BCUT2D eigenvalue weighted by atomic mass is 10.2. The van der Waals surface area contributed by atoms with E-state index in [-0.39, 0.29) is 11.3 Å². The Morgan fingerprint density at radius 1 is 1.33 bits per heavy atom. The Morgan fingerprint density at radius 3 is 2.57 bits per heavy atom. The normalized spacial score (nSPS) is 12.6. The highest BCUT2D eigenvalue weighted by atomic mass is 19.3. The molecule has 9 heteroatoms. The maximum absolute atomic E-state index is 13.4. The number of amidine groups is 1. The molecule has 5 nitrogen and oxygen atoms in total. The van der Waals surface area contributed by atoms with Crippen LogP contribution < -0.4 is 11.5 Å². The fraction of sp³-hybridized carbons (Fsp3) is 0.167. The van der Waals surface area contributed by atoms with Gasteiger partial charge in [-0.25, -0.2) is 13.8 Å². The lowest BCUT2D eigenvalue weighted by Crippen LogP contribution is -2.21. The lowest BCUT2D eigenvalue weighted by Gasteiger charge is -2.06. The number of nitrogens with zero attached hydrogens (tertiary/aromatic N) is 1. The first-order valence-corrected chi connectivity index (χ1v) is 5.55. The van der Waals surface area contributed by atoms with E-state index < -0.39 is 36.5 Å². The summed E-state index contributed by atoms with van der Waals surface area (Å²) >= 11 is 0. The quantitative estimate of drug-likeness (QED) is 0.440. The van der Waals surface area contributed by atoms with E-state index in [0.717, 1.165) is 12.1 Å². The van der Waals surface area contributed by atoms with Gasteiger partial charge in [0.05, 0.1) is 12.2 Å². The molecule has 0 heterocycles. The maximum Gasteiger partial charge on any atom is 0.388 e. The Kier molecular flexibility index (Phi) is 5.70. The van der Waals surface area contributed by atoms with Gasteiger partial charge in [-0.15, -0.1) is 0 Å². The van der Waals surface area contributed by atoms with Crippen LogP contribution >= 0.6 is 0 Å². The molecule has 0 atom stereocenters. The van der Waals surface area contributed by atoms with E-state index in [0.29, 0.717) is 0 Å². The Morgan fingerprint density at radius 2 is 2.00 bits per heavy atom. The third-order valence-electron chi connectivity index (χ3n) is 2.24. The van der Waals surface area contributed by atoms with Crippen molar-refractivity contribution in [3.8, 4) is 0 Å². The summed E-state index contributed by atoms with van der Waals surface area (Å²) in [5, 5.41) is 7.01. The van der Waals surface area contributed by atoms with Crippen LogP contribution in [0, 0.1) is 17.0 Å². The standard InChI is InChI=1S/C12H12F4N4O/c13-7-3-1-2-6(10(7)14)5-20-9(21-12(15)16)4-8(17)11(18)19/h1-4,12H,5,17H2,(H3,18,19)/b8-4-,20-9?. The zero-order valence-electron chi connectivity index (χ0n) is 10.6. The zero-order valence-corrected chi connectivity index (χ0v) is 10.6. The van der Waals surface area contributed by atoms with Crippen LogP contribution in [0.25, 0.3) is 0 Å². The van der Waals surface area contributed by atoms with E-state index in [2.05, 4.69) is 9.73 Å². The van der Waals surface area contributed by atoms with Gasteiger partial charge in [0.25, 0.3) is 0 Å². The van der Waals surface area contributed by atoms with Crippen molar-refractivity contribution in [2.24, 2.45) is 16.5 Å². The van der Waals surface area contributed by atoms with E-state index in [1.165, 1.54) is 12.1 Å². The van der Waals surface area contributed by atoms with Crippen molar-refractivity contribution in [3.05, 3.63) is 47.2 Å². The largest absolute Gasteiger partial charge is 0.417 e. The third-order valence-corrected chi connectivity index (χ3v) is 2.24.